The highest BCUT2D eigenvalue weighted by atomic mass is 16.2. The summed E-state index contributed by atoms with van der Waals surface area (Å²) in [6.07, 6.45) is 3.15. The Bertz CT molecular complexity index is 1100. The first kappa shape index (κ1) is 17.0. The van der Waals surface area contributed by atoms with Crippen LogP contribution in [0.5, 0.6) is 0 Å². The molecule has 1 heterocycles. The van der Waals surface area contributed by atoms with Crippen molar-refractivity contribution < 1.29 is 9.59 Å². The number of rotatable bonds is 3. The van der Waals surface area contributed by atoms with Crippen LogP contribution in [0.3, 0.4) is 0 Å². The van der Waals surface area contributed by atoms with E-state index in [9.17, 15) is 14.4 Å². The van der Waals surface area contributed by atoms with Crippen LogP contribution >= 0.6 is 0 Å². The molecule has 27 heavy (non-hydrogen) atoms. The topological polar surface area (TPSA) is 104 Å². The monoisotopic (exact) mass is 362 g/mol. The second-order valence-corrected chi connectivity index (χ2v) is 6.51. The van der Waals surface area contributed by atoms with Gasteiger partial charge in [0.25, 0.3) is 11.5 Å². The number of amides is 1. The van der Waals surface area contributed by atoms with Gasteiger partial charge >= 0.3 is 0 Å². The Morgan fingerprint density at radius 3 is 2.74 bits per heavy atom. The molecule has 1 aromatic heterocycles. The van der Waals surface area contributed by atoms with Gasteiger partial charge in [-0.2, -0.15) is 0 Å². The van der Waals surface area contributed by atoms with Crippen LogP contribution in [0, 0.1) is 0 Å². The molecule has 0 spiro atoms. The molecular formula is C20H18N4O3. The van der Waals surface area contributed by atoms with Gasteiger partial charge in [-0.05, 0) is 49.1 Å². The van der Waals surface area contributed by atoms with Crippen molar-refractivity contribution in [3.63, 3.8) is 0 Å². The van der Waals surface area contributed by atoms with E-state index in [0.29, 0.717) is 28.5 Å². The number of para-hydroxylation sites is 1. The average Bonchev–Trinajstić information content (AvgIpc) is 2.87. The quantitative estimate of drug-likeness (QED) is 0.491. The Labute approximate surface area is 154 Å². The zero-order valence-corrected chi connectivity index (χ0v) is 14.5. The molecule has 1 aliphatic rings. The number of aromatic nitrogens is 2. The lowest BCUT2D eigenvalue weighted by atomic mass is 9.99. The number of aryl methyl sites for hydroxylation is 1. The molecule has 7 nitrogen and oxygen atoms in total. The number of nitrogens with zero attached hydrogens (tertiary/aromatic N) is 1. The number of hydrogen-bond donors (Lipinski definition) is 3. The smallest absolute Gasteiger partial charge is 0.269 e. The van der Waals surface area contributed by atoms with E-state index in [4.69, 9.17) is 0 Å². The molecule has 3 N–H and O–H groups in total. The van der Waals surface area contributed by atoms with Crippen LogP contribution in [-0.2, 0) is 6.42 Å². The highest BCUT2D eigenvalue weighted by Crippen LogP contribution is 2.22. The van der Waals surface area contributed by atoms with E-state index in [-0.39, 0.29) is 23.2 Å². The molecule has 0 aliphatic heterocycles. The Kier molecular flexibility index (Phi) is 4.42. The summed E-state index contributed by atoms with van der Waals surface area (Å²) >= 11 is 0. The van der Waals surface area contributed by atoms with Crippen molar-refractivity contribution in [1.29, 1.82) is 0 Å². The van der Waals surface area contributed by atoms with Gasteiger partial charge in [0, 0.05) is 17.5 Å². The van der Waals surface area contributed by atoms with Gasteiger partial charge in [0.15, 0.2) is 5.78 Å². The van der Waals surface area contributed by atoms with Crippen LogP contribution in [0.2, 0.25) is 0 Å². The van der Waals surface area contributed by atoms with Crippen LogP contribution in [0.25, 0.3) is 10.9 Å². The summed E-state index contributed by atoms with van der Waals surface area (Å²) in [5, 5.41) is 0.477. The molecule has 0 radical (unpaired) electrons. The Morgan fingerprint density at radius 2 is 1.85 bits per heavy atom. The van der Waals surface area contributed by atoms with E-state index in [1.807, 2.05) is 0 Å². The molecule has 0 saturated carbocycles. The molecule has 7 heteroatoms. The normalized spacial score (nSPS) is 13.7. The number of H-pyrrole nitrogens is 1. The van der Waals surface area contributed by atoms with Gasteiger partial charge < -0.3 is 0 Å². The first-order valence-electron chi connectivity index (χ1n) is 8.83. The first-order valence-corrected chi connectivity index (χ1v) is 8.83. The largest absolute Gasteiger partial charge is 0.294 e. The number of nitrogens with one attached hydrogen (secondary N) is 3. The molecule has 1 amide bonds. The number of ketones is 1. The van der Waals surface area contributed by atoms with Crippen molar-refractivity contribution in [2.24, 2.45) is 0 Å². The molecule has 0 atom stereocenters. The van der Waals surface area contributed by atoms with Gasteiger partial charge in [-0.25, -0.2) is 4.98 Å². The number of carbonyl (C=O) groups excluding carboxylic acids is 2. The fraction of sp³-hybridized carbons (Fsp3) is 0.200. The molecule has 0 saturated heterocycles. The van der Waals surface area contributed by atoms with Crippen molar-refractivity contribution in [2.45, 2.75) is 25.7 Å². The molecule has 1 aliphatic carbocycles. The SMILES string of the molecule is O=C(NNc1nc2ccccc2c(=O)[nH]1)c1ccc2c(c1)CCCCC2=O. The first-order chi connectivity index (χ1) is 13.1. The van der Waals surface area contributed by atoms with Gasteiger partial charge in [0.05, 0.1) is 10.9 Å². The molecule has 4 rings (SSSR count). The van der Waals surface area contributed by atoms with Crippen LogP contribution in [0.15, 0.2) is 47.3 Å². The maximum Gasteiger partial charge on any atom is 0.269 e. The van der Waals surface area contributed by atoms with Crippen molar-refractivity contribution in [2.75, 3.05) is 5.43 Å². The van der Waals surface area contributed by atoms with E-state index in [0.717, 1.165) is 24.8 Å². The number of hydrazine groups is 1. The van der Waals surface area contributed by atoms with Crippen LogP contribution in [0.4, 0.5) is 5.95 Å². The van der Waals surface area contributed by atoms with Crippen LogP contribution < -0.4 is 16.4 Å². The molecule has 3 aromatic rings. The fourth-order valence-corrected chi connectivity index (χ4v) is 3.28. The summed E-state index contributed by atoms with van der Waals surface area (Å²) in [6.45, 7) is 0. The number of fused-ring (bicyclic) bond motifs is 2. The minimum Gasteiger partial charge on any atom is -0.294 e. The van der Waals surface area contributed by atoms with Crippen molar-refractivity contribution in [1.82, 2.24) is 15.4 Å². The molecule has 0 bridgehead atoms. The van der Waals surface area contributed by atoms with E-state index in [1.54, 1.807) is 42.5 Å². The van der Waals surface area contributed by atoms with Crippen molar-refractivity contribution in [3.8, 4) is 0 Å². The summed E-state index contributed by atoms with van der Waals surface area (Å²) in [5.41, 5.74) is 7.47. The third kappa shape index (κ3) is 3.44. The lowest BCUT2D eigenvalue weighted by molar-refractivity contribution is 0.0957. The molecule has 2 aromatic carbocycles. The van der Waals surface area contributed by atoms with Crippen molar-refractivity contribution in [3.05, 3.63) is 69.5 Å². The minimum atomic E-state index is -0.370. The number of carbonyl (C=O) groups is 2. The number of anilines is 1. The predicted octanol–water partition coefficient (Wildman–Crippen LogP) is 2.59. The molecule has 0 fully saturated rings. The van der Waals surface area contributed by atoms with Crippen LogP contribution in [0.1, 0.15) is 45.5 Å². The van der Waals surface area contributed by atoms with Gasteiger partial charge in [-0.3, -0.25) is 30.2 Å². The number of benzene rings is 2. The van der Waals surface area contributed by atoms with E-state index >= 15 is 0 Å². The van der Waals surface area contributed by atoms with Gasteiger partial charge in [-0.1, -0.05) is 18.2 Å². The highest BCUT2D eigenvalue weighted by molar-refractivity contribution is 6.00. The Morgan fingerprint density at radius 1 is 1.04 bits per heavy atom. The summed E-state index contributed by atoms with van der Waals surface area (Å²) in [4.78, 5) is 43.4. The summed E-state index contributed by atoms with van der Waals surface area (Å²) in [6, 6.07) is 12.1. The summed E-state index contributed by atoms with van der Waals surface area (Å²) < 4.78 is 0. The molecular weight excluding hydrogens is 344 g/mol. The number of hydrogen-bond acceptors (Lipinski definition) is 5. The second kappa shape index (κ2) is 7.03. The third-order valence-corrected chi connectivity index (χ3v) is 4.68. The maximum absolute atomic E-state index is 12.4. The Hall–Kier alpha value is -3.48. The van der Waals surface area contributed by atoms with E-state index in [1.165, 1.54) is 0 Å². The zero-order valence-electron chi connectivity index (χ0n) is 14.5. The summed E-state index contributed by atoms with van der Waals surface area (Å²) in [5.74, 6) is -0.0900. The zero-order chi connectivity index (χ0) is 18.8. The highest BCUT2D eigenvalue weighted by Gasteiger charge is 2.17. The predicted molar refractivity (Wildman–Crippen MR) is 102 cm³/mol. The van der Waals surface area contributed by atoms with Crippen LogP contribution in [-0.4, -0.2) is 21.7 Å². The Balaban J connectivity index is 1.52. The summed E-state index contributed by atoms with van der Waals surface area (Å²) in [7, 11) is 0. The number of Topliss-reactive ketones (excluding diaryl/α,β-unsaturated/α-hetero) is 1. The average molecular weight is 362 g/mol. The minimum absolute atomic E-state index is 0.130. The lowest BCUT2D eigenvalue weighted by Crippen LogP contribution is -2.31. The molecule has 0 unspecified atom stereocenters. The maximum atomic E-state index is 12.4. The molecule has 136 valence electrons. The van der Waals surface area contributed by atoms with Gasteiger partial charge in [-0.15, -0.1) is 0 Å². The third-order valence-electron chi connectivity index (χ3n) is 4.68. The van der Waals surface area contributed by atoms with Gasteiger partial charge in [0.2, 0.25) is 5.95 Å². The van der Waals surface area contributed by atoms with Gasteiger partial charge in [0.1, 0.15) is 0 Å². The lowest BCUT2D eigenvalue weighted by Gasteiger charge is -2.10. The second-order valence-electron chi connectivity index (χ2n) is 6.51. The van der Waals surface area contributed by atoms with Crippen molar-refractivity contribution >= 4 is 28.5 Å². The van der Waals surface area contributed by atoms with E-state index < -0.39 is 0 Å². The fourth-order valence-electron chi connectivity index (χ4n) is 3.28. The number of aromatic amines is 1. The standard InChI is InChI=1S/C20H18N4O3/c25-17-8-4-1-5-12-11-13(9-10-14(12)17)18(26)23-24-20-21-16-7-3-2-6-15(16)19(27)22-20/h2-3,6-7,9-11H,1,4-5,8H2,(H,23,26)(H2,21,22,24,27). The van der Waals surface area contributed by atoms with E-state index in [2.05, 4.69) is 20.8 Å².